The number of hydrogen-bond acceptors (Lipinski definition) is 4. The van der Waals surface area contributed by atoms with Gasteiger partial charge in [0.25, 0.3) is 0 Å². The molecule has 4 heteroatoms. The third kappa shape index (κ3) is 5.58. The molecule has 0 fully saturated rings. The zero-order valence-corrected chi connectivity index (χ0v) is 11.3. The van der Waals surface area contributed by atoms with Crippen molar-refractivity contribution in [3.8, 4) is 0 Å². The second kappa shape index (κ2) is 7.76. The summed E-state index contributed by atoms with van der Waals surface area (Å²) in [7, 11) is 0. The molecule has 0 aliphatic rings. The maximum absolute atomic E-state index is 5.34. The highest BCUT2D eigenvalue weighted by Gasteiger charge is 2.01. The second-order valence-corrected chi connectivity index (χ2v) is 4.94. The molecule has 1 N–H and O–H groups in total. The molecular weight excluding hydrogens is 220 g/mol. The molecular formula is C12H22N2OS. The number of thiazole rings is 1. The lowest BCUT2D eigenvalue weighted by molar-refractivity contribution is 0.127. The second-order valence-electron chi connectivity index (χ2n) is 4.00. The Kier molecular flexibility index (Phi) is 6.61. The molecule has 1 aromatic heterocycles. The summed E-state index contributed by atoms with van der Waals surface area (Å²) in [5.74, 6) is 0. The minimum atomic E-state index is 0.443. The van der Waals surface area contributed by atoms with Gasteiger partial charge in [0, 0.05) is 30.1 Å². The van der Waals surface area contributed by atoms with E-state index in [-0.39, 0.29) is 0 Å². The van der Waals surface area contributed by atoms with E-state index in [9.17, 15) is 0 Å². The van der Waals surface area contributed by atoms with Crippen molar-refractivity contribution in [2.45, 2.75) is 39.7 Å². The fourth-order valence-corrected chi connectivity index (χ4v) is 2.28. The standard InChI is InChI=1S/C12H22N2OS/c1-4-15-8-10(2)13-7-5-6-12-14-11(3)9-16-12/h9-10,13H,4-8H2,1-3H3. The minimum Gasteiger partial charge on any atom is -0.380 e. The molecule has 0 aromatic carbocycles. The third-order valence-electron chi connectivity index (χ3n) is 2.30. The van der Waals surface area contributed by atoms with Crippen LogP contribution < -0.4 is 5.32 Å². The van der Waals surface area contributed by atoms with Crippen LogP contribution in [0.3, 0.4) is 0 Å². The summed E-state index contributed by atoms with van der Waals surface area (Å²) in [6.07, 6.45) is 2.22. The van der Waals surface area contributed by atoms with Crippen molar-refractivity contribution in [3.63, 3.8) is 0 Å². The van der Waals surface area contributed by atoms with Crippen LogP contribution in [0.15, 0.2) is 5.38 Å². The van der Waals surface area contributed by atoms with Crippen LogP contribution >= 0.6 is 11.3 Å². The molecule has 92 valence electrons. The summed E-state index contributed by atoms with van der Waals surface area (Å²) in [6, 6.07) is 0.443. The zero-order chi connectivity index (χ0) is 11.8. The van der Waals surface area contributed by atoms with Gasteiger partial charge in [0.15, 0.2) is 0 Å². The molecule has 0 amide bonds. The average molecular weight is 242 g/mol. The SMILES string of the molecule is CCOCC(C)NCCCc1nc(C)cs1. The smallest absolute Gasteiger partial charge is 0.0928 e. The maximum Gasteiger partial charge on any atom is 0.0928 e. The number of aryl methyl sites for hydroxylation is 2. The van der Waals surface area contributed by atoms with E-state index in [0.717, 1.165) is 38.3 Å². The van der Waals surface area contributed by atoms with Gasteiger partial charge in [-0.05, 0) is 33.7 Å². The van der Waals surface area contributed by atoms with Crippen LogP contribution in [0, 0.1) is 6.92 Å². The van der Waals surface area contributed by atoms with Crippen LogP contribution in [-0.4, -0.2) is 30.8 Å². The lowest BCUT2D eigenvalue weighted by Gasteiger charge is -2.12. The van der Waals surface area contributed by atoms with Gasteiger partial charge in [-0.1, -0.05) is 0 Å². The van der Waals surface area contributed by atoms with E-state index >= 15 is 0 Å². The molecule has 16 heavy (non-hydrogen) atoms. The first-order valence-electron chi connectivity index (χ1n) is 5.94. The van der Waals surface area contributed by atoms with Crippen molar-refractivity contribution in [3.05, 3.63) is 16.1 Å². The summed E-state index contributed by atoms with van der Waals surface area (Å²) in [6.45, 7) is 8.85. The lowest BCUT2D eigenvalue weighted by atomic mass is 10.3. The Bertz CT molecular complexity index is 288. The fourth-order valence-electron chi connectivity index (χ4n) is 1.46. The van der Waals surface area contributed by atoms with E-state index in [0.29, 0.717) is 6.04 Å². The topological polar surface area (TPSA) is 34.1 Å². The zero-order valence-electron chi connectivity index (χ0n) is 10.5. The van der Waals surface area contributed by atoms with Crippen LogP contribution in [0.4, 0.5) is 0 Å². The van der Waals surface area contributed by atoms with Gasteiger partial charge in [0.05, 0.1) is 11.6 Å². The number of nitrogens with zero attached hydrogens (tertiary/aromatic N) is 1. The van der Waals surface area contributed by atoms with E-state index in [4.69, 9.17) is 4.74 Å². The monoisotopic (exact) mass is 242 g/mol. The Labute approximate surface area is 102 Å². The highest BCUT2D eigenvalue weighted by Crippen LogP contribution is 2.10. The summed E-state index contributed by atoms with van der Waals surface area (Å²) in [5, 5.41) is 6.80. The molecule has 3 nitrogen and oxygen atoms in total. The van der Waals surface area contributed by atoms with E-state index in [1.54, 1.807) is 11.3 Å². The first-order valence-corrected chi connectivity index (χ1v) is 6.82. The first-order chi connectivity index (χ1) is 7.72. The molecule has 0 aliphatic carbocycles. The van der Waals surface area contributed by atoms with Gasteiger partial charge in [-0.15, -0.1) is 11.3 Å². The Morgan fingerprint density at radius 2 is 2.38 bits per heavy atom. The molecule has 0 bridgehead atoms. The van der Waals surface area contributed by atoms with Crippen LogP contribution in [0.1, 0.15) is 31.0 Å². The Balaban J connectivity index is 2.03. The molecule has 1 atom stereocenters. The van der Waals surface area contributed by atoms with Gasteiger partial charge in [0.1, 0.15) is 0 Å². The highest BCUT2D eigenvalue weighted by molar-refractivity contribution is 7.09. The molecule has 1 rings (SSSR count). The molecule has 1 unspecified atom stereocenters. The predicted octanol–water partition coefficient (Wildman–Crippen LogP) is 2.40. The van der Waals surface area contributed by atoms with E-state index in [1.165, 1.54) is 5.01 Å². The van der Waals surface area contributed by atoms with Gasteiger partial charge >= 0.3 is 0 Å². The molecule has 0 radical (unpaired) electrons. The molecule has 1 heterocycles. The van der Waals surface area contributed by atoms with Crippen LogP contribution in [0.5, 0.6) is 0 Å². The van der Waals surface area contributed by atoms with Crippen molar-refractivity contribution in [1.82, 2.24) is 10.3 Å². The summed E-state index contributed by atoms with van der Waals surface area (Å²) >= 11 is 1.76. The number of hydrogen-bond donors (Lipinski definition) is 1. The minimum absolute atomic E-state index is 0.443. The summed E-state index contributed by atoms with van der Waals surface area (Å²) in [5.41, 5.74) is 1.14. The highest BCUT2D eigenvalue weighted by atomic mass is 32.1. The largest absolute Gasteiger partial charge is 0.380 e. The number of aromatic nitrogens is 1. The molecule has 0 saturated heterocycles. The van der Waals surface area contributed by atoms with E-state index in [1.807, 2.05) is 13.8 Å². The van der Waals surface area contributed by atoms with Gasteiger partial charge in [-0.3, -0.25) is 0 Å². The van der Waals surface area contributed by atoms with Gasteiger partial charge in [-0.2, -0.15) is 0 Å². The summed E-state index contributed by atoms with van der Waals surface area (Å²) in [4.78, 5) is 4.44. The van der Waals surface area contributed by atoms with Crippen LogP contribution in [0.2, 0.25) is 0 Å². The first kappa shape index (κ1) is 13.6. The van der Waals surface area contributed by atoms with Crippen molar-refractivity contribution >= 4 is 11.3 Å². The normalized spacial score (nSPS) is 12.9. The Morgan fingerprint density at radius 1 is 1.56 bits per heavy atom. The number of ether oxygens (including phenoxy) is 1. The number of nitrogens with one attached hydrogen (secondary N) is 1. The molecule has 0 aliphatic heterocycles. The van der Waals surface area contributed by atoms with E-state index in [2.05, 4.69) is 22.6 Å². The van der Waals surface area contributed by atoms with Gasteiger partial charge in [0.2, 0.25) is 0 Å². The fraction of sp³-hybridized carbons (Fsp3) is 0.750. The third-order valence-corrected chi connectivity index (χ3v) is 3.33. The summed E-state index contributed by atoms with van der Waals surface area (Å²) < 4.78 is 5.34. The molecule has 0 saturated carbocycles. The van der Waals surface area contributed by atoms with Crippen molar-refractivity contribution in [2.75, 3.05) is 19.8 Å². The predicted molar refractivity (Wildman–Crippen MR) is 69.1 cm³/mol. The van der Waals surface area contributed by atoms with Crippen LogP contribution in [-0.2, 0) is 11.2 Å². The number of rotatable bonds is 8. The van der Waals surface area contributed by atoms with Crippen molar-refractivity contribution in [2.24, 2.45) is 0 Å². The Morgan fingerprint density at radius 3 is 3.00 bits per heavy atom. The average Bonchev–Trinajstić information content (AvgIpc) is 2.67. The van der Waals surface area contributed by atoms with Gasteiger partial charge in [-0.25, -0.2) is 4.98 Å². The molecule has 0 spiro atoms. The van der Waals surface area contributed by atoms with Crippen molar-refractivity contribution < 1.29 is 4.74 Å². The Hall–Kier alpha value is -0.450. The van der Waals surface area contributed by atoms with E-state index < -0.39 is 0 Å². The van der Waals surface area contributed by atoms with Crippen molar-refractivity contribution in [1.29, 1.82) is 0 Å². The molecule has 1 aromatic rings. The quantitative estimate of drug-likeness (QED) is 0.711. The van der Waals surface area contributed by atoms with Gasteiger partial charge < -0.3 is 10.1 Å². The maximum atomic E-state index is 5.34. The van der Waals surface area contributed by atoms with Crippen LogP contribution in [0.25, 0.3) is 0 Å². The lowest BCUT2D eigenvalue weighted by Crippen LogP contribution is -2.31.